The van der Waals surface area contributed by atoms with Crippen LogP contribution in [0.15, 0.2) is 5.16 Å². The van der Waals surface area contributed by atoms with Crippen LogP contribution in [0.4, 0.5) is 0 Å². The molecule has 0 saturated carbocycles. The van der Waals surface area contributed by atoms with Gasteiger partial charge in [-0.25, -0.2) is 0 Å². The minimum atomic E-state index is -0.236. The molecular formula is C16H34N2O2. The largest absolute Gasteiger partial charge is 0.409 e. The van der Waals surface area contributed by atoms with E-state index in [1.54, 1.807) is 0 Å². The predicted molar refractivity (Wildman–Crippen MR) is 85.2 cm³/mol. The molecule has 3 N–H and O–H groups in total. The minimum Gasteiger partial charge on any atom is -0.409 e. The number of unbranched alkanes of at least 4 members (excludes halogenated alkanes) is 4. The molecule has 0 aliphatic rings. The Bertz CT molecular complexity index is 265. The zero-order valence-electron chi connectivity index (χ0n) is 13.8. The first kappa shape index (κ1) is 19.2. The molecule has 4 heteroatoms. The first-order valence-electron chi connectivity index (χ1n) is 8.03. The van der Waals surface area contributed by atoms with E-state index in [1.165, 1.54) is 25.7 Å². The number of nitrogens with two attached hydrogens (primary N) is 1. The quantitative estimate of drug-likeness (QED) is 0.185. The predicted octanol–water partition coefficient (Wildman–Crippen LogP) is 4.30. The van der Waals surface area contributed by atoms with E-state index in [1.807, 2.05) is 13.8 Å². The number of rotatable bonds is 12. The maximum Gasteiger partial charge on any atom is 0.144 e. The van der Waals surface area contributed by atoms with Gasteiger partial charge in [-0.05, 0) is 26.2 Å². The van der Waals surface area contributed by atoms with E-state index in [9.17, 15) is 0 Å². The van der Waals surface area contributed by atoms with Gasteiger partial charge in [0.15, 0.2) is 0 Å². The van der Waals surface area contributed by atoms with Crippen LogP contribution >= 0.6 is 0 Å². The van der Waals surface area contributed by atoms with Gasteiger partial charge >= 0.3 is 0 Å². The maximum atomic E-state index is 8.70. The summed E-state index contributed by atoms with van der Waals surface area (Å²) in [5.41, 5.74) is 5.43. The van der Waals surface area contributed by atoms with Crippen molar-refractivity contribution < 1.29 is 9.94 Å². The number of hydrogen-bond donors (Lipinski definition) is 2. The van der Waals surface area contributed by atoms with E-state index in [0.29, 0.717) is 11.9 Å². The molecule has 0 aromatic carbocycles. The second kappa shape index (κ2) is 11.0. The van der Waals surface area contributed by atoms with E-state index >= 15 is 0 Å². The van der Waals surface area contributed by atoms with Gasteiger partial charge in [0.25, 0.3) is 0 Å². The van der Waals surface area contributed by atoms with Crippen molar-refractivity contribution in [2.24, 2.45) is 16.3 Å². The van der Waals surface area contributed by atoms with Gasteiger partial charge in [0.05, 0.1) is 6.10 Å². The van der Waals surface area contributed by atoms with Gasteiger partial charge in [0.2, 0.25) is 0 Å². The van der Waals surface area contributed by atoms with Crippen molar-refractivity contribution >= 4 is 5.84 Å². The molecule has 0 amide bonds. The highest BCUT2D eigenvalue weighted by Gasteiger charge is 2.22. The number of nitrogens with zero attached hydrogens (tertiary/aromatic N) is 1. The van der Waals surface area contributed by atoms with Crippen molar-refractivity contribution in [2.75, 3.05) is 6.61 Å². The van der Waals surface area contributed by atoms with Crippen molar-refractivity contribution in [1.82, 2.24) is 0 Å². The molecule has 0 rings (SSSR count). The molecule has 0 aromatic rings. The van der Waals surface area contributed by atoms with Crippen LogP contribution in [0.25, 0.3) is 0 Å². The van der Waals surface area contributed by atoms with Gasteiger partial charge in [-0.1, -0.05) is 58.0 Å². The van der Waals surface area contributed by atoms with Crippen molar-refractivity contribution in [1.29, 1.82) is 0 Å². The lowest BCUT2D eigenvalue weighted by molar-refractivity contribution is 0.0551. The SMILES string of the molecule is CCCCCCC(C)OCCCCC(C)(C)C(N)=NO. The Morgan fingerprint density at radius 3 is 2.50 bits per heavy atom. The standard InChI is InChI=1S/C16H34N2O2/c1-5-6-7-8-11-14(2)20-13-10-9-12-16(3,4)15(17)18-19/h14,19H,5-13H2,1-4H3,(H2,17,18). The molecule has 120 valence electrons. The fourth-order valence-electron chi connectivity index (χ4n) is 2.16. The van der Waals surface area contributed by atoms with Gasteiger partial charge < -0.3 is 15.7 Å². The first-order chi connectivity index (χ1) is 9.44. The lowest BCUT2D eigenvalue weighted by Gasteiger charge is -2.22. The summed E-state index contributed by atoms with van der Waals surface area (Å²) in [7, 11) is 0. The number of ether oxygens (including phenoxy) is 1. The molecule has 0 heterocycles. The molecule has 0 saturated heterocycles. The van der Waals surface area contributed by atoms with Crippen LogP contribution in [0.3, 0.4) is 0 Å². The second-order valence-corrected chi connectivity index (χ2v) is 6.36. The molecule has 0 radical (unpaired) electrons. The Hall–Kier alpha value is -0.770. The van der Waals surface area contributed by atoms with E-state index < -0.39 is 0 Å². The van der Waals surface area contributed by atoms with Crippen LogP contribution in [0.2, 0.25) is 0 Å². The molecule has 0 aliphatic heterocycles. The molecule has 0 aliphatic carbocycles. The Morgan fingerprint density at radius 2 is 1.90 bits per heavy atom. The molecule has 1 unspecified atom stereocenters. The second-order valence-electron chi connectivity index (χ2n) is 6.36. The molecule has 0 spiro atoms. The number of hydrogen-bond acceptors (Lipinski definition) is 3. The average Bonchev–Trinajstić information content (AvgIpc) is 2.42. The monoisotopic (exact) mass is 286 g/mol. The van der Waals surface area contributed by atoms with Crippen molar-refractivity contribution in [3.63, 3.8) is 0 Å². The summed E-state index contributed by atoms with van der Waals surface area (Å²) < 4.78 is 5.81. The fraction of sp³-hybridized carbons (Fsp3) is 0.938. The third-order valence-corrected chi connectivity index (χ3v) is 3.86. The molecular weight excluding hydrogens is 252 g/mol. The van der Waals surface area contributed by atoms with Crippen LogP contribution in [0, 0.1) is 5.41 Å². The van der Waals surface area contributed by atoms with Crippen molar-refractivity contribution in [3.8, 4) is 0 Å². The summed E-state index contributed by atoms with van der Waals surface area (Å²) in [5.74, 6) is 0.308. The van der Waals surface area contributed by atoms with Crippen LogP contribution in [0.1, 0.15) is 79.1 Å². The molecule has 0 fully saturated rings. The maximum absolute atomic E-state index is 8.70. The van der Waals surface area contributed by atoms with Crippen LogP contribution in [-0.4, -0.2) is 23.8 Å². The Kier molecular flexibility index (Phi) is 10.5. The van der Waals surface area contributed by atoms with Gasteiger partial charge in [-0.2, -0.15) is 0 Å². The molecule has 20 heavy (non-hydrogen) atoms. The zero-order chi connectivity index (χ0) is 15.4. The summed E-state index contributed by atoms with van der Waals surface area (Å²) in [6.45, 7) is 9.20. The van der Waals surface area contributed by atoms with Crippen LogP contribution in [-0.2, 0) is 4.74 Å². The molecule has 0 bridgehead atoms. The molecule has 1 atom stereocenters. The fourth-order valence-corrected chi connectivity index (χ4v) is 2.16. The Balaban J connectivity index is 3.57. The smallest absolute Gasteiger partial charge is 0.144 e. The van der Waals surface area contributed by atoms with E-state index in [2.05, 4.69) is 19.0 Å². The summed E-state index contributed by atoms with van der Waals surface area (Å²) >= 11 is 0. The van der Waals surface area contributed by atoms with Gasteiger partial charge in [-0.3, -0.25) is 0 Å². The van der Waals surface area contributed by atoms with Gasteiger partial charge in [0, 0.05) is 12.0 Å². The lowest BCUT2D eigenvalue weighted by Crippen LogP contribution is -2.31. The Morgan fingerprint density at radius 1 is 1.20 bits per heavy atom. The van der Waals surface area contributed by atoms with Crippen LogP contribution < -0.4 is 5.73 Å². The molecule has 0 aromatic heterocycles. The van der Waals surface area contributed by atoms with E-state index in [4.69, 9.17) is 15.7 Å². The summed E-state index contributed by atoms with van der Waals surface area (Å²) in [4.78, 5) is 0. The van der Waals surface area contributed by atoms with Crippen molar-refractivity contribution in [3.05, 3.63) is 0 Å². The normalized spacial score (nSPS) is 14.5. The van der Waals surface area contributed by atoms with Gasteiger partial charge in [-0.15, -0.1) is 0 Å². The molecule has 4 nitrogen and oxygen atoms in total. The average molecular weight is 286 g/mol. The minimum absolute atomic E-state index is 0.236. The highest BCUT2D eigenvalue weighted by molar-refractivity contribution is 5.85. The number of amidine groups is 1. The Labute approximate surface area is 124 Å². The first-order valence-corrected chi connectivity index (χ1v) is 8.03. The summed E-state index contributed by atoms with van der Waals surface area (Å²) in [5, 5.41) is 11.8. The summed E-state index contributed by atoms with van der Waals surface area (Å²) in [6, 6.07) is 0. The summed E-state index contributed by atoms with van der Waals surface area (Å²) in [6.07, 6.45) is 9.70. The lowest BCUT2D eigenvalue weighted by atomic mass is 9.86. The van der Waals surface area contributed by atoms with E-state index in [-0.39, 0.29) is 5.41 Å². The van der Waals surface area contributed by atoms with Crippen molar-refractivity contribution in [2.45, 2.75) is 85.2 Å². The zero-order valence-corrected chi connectivity index (χ0v) is 13.8. The van der Waals surface area contributed by atoms with E-state index in [0.717, 1.165) is 32.3 Å². The topological polar surface area (TPSA) is 67.8 Å². The highest BCUT2D eigenvalue weighted by atomic mass is 16.5. The third kappa shape index (κ3) is 9.18. The van der Waals surface area contributed by atoms with Gasteiger partial charge in [0.1, 0.15) is 5.84 Å². The van der Waals surface area contributed by atoms with Crippen LogP contribution in [0.5, 0.6) is 0 Å². The third-order valence-electron chi connectivity index (χ3n) is 3.86. The number of oxime groups is 1. The highest BCUT2D eigenvalue weighted by Crippen LogP contribution is 2.23.